The number of hydrogen-bond acceptors (Lipinski definition) is 3. The predicted octanol–water partition coefficient (Wildman–Crippen LogP) is 2.49. The third kappa shape index (κ3) is 5.26. The summed E-state index contributed by atoms with van der Waals surface area (Å²) in [6.07, 6.45) is 1.31. The Labute approximate surface area is 139 Å². The molecule has 0 radical (unpaired) electrons. The van der Waals surface area contributed by atoms with Crippen molar-refractivity contribution in [2.45, 2.75) is 32.8 Å². The molecule has 2 rings (SSSR count). The zero-order chi connectivity index (χ0) is 17.7. The summed E-state index contributed by atoms with van der Waals surface area (Å²) < 4.78 is 18.4. The topological polar surface area (TPSA) is 83.2 Å². The summed E-state index contributed by atoms with van der Waals surface area (Å²) in [5.41, 5.74) is 0.950. The highest BCUT2D eigenvalue weighted by molar-refractivity contribution is 5.88. The van der Waals surface area contributed by atoms with E-state index in [1.165, 1.54) is 12.1 Å². The Morgan fingerprint density at radius 3 is 2.62 bits per heavy atom. The molecule has 2 amide bonds. The molecule has 6 nitrogen and oxygen atoms in total. The quantitative estimate of drug-likeness (QED) is 0.734. The van der Waals surface area contributed by atoms with Crippen LogP contribution < -0.4 is 10.6 Å². The fraction of sp³-hybridized carbons (Fsp3) is 0.412. The van der Waals surface area contributed by atoms with Crippen LogP contribution in [0.25, 0.3) is 10.9 Å². The second-order valence-electron chi connectivity index (χ2n) is 6.46. The Balaban J connectivity index is 1.77. The van der Waals surface area contributed by atoms with Crippen LogP contribution in [0.4, 0.5) is 9.18 Å². The Bertz CT molecular complexity index is 734. The van der Waals surface area contributed by atoms with Crippen LogP contribution in [0.1, 0.15) is 26.3 Å². The van der Waals surface area contributed by atoms with Crippen molar-refractivity contribution in [1.29, 1.82) is 0 Å². The molecule has 24 heavy (non-hydrogen) atoms. The molecule has 0 saturated carbocycles. The Hall–Kier alpha value is -2.57. The molecule has 0 atom stereocenters. The van der Waals surface area contributed by atoms with Crippen molar-refractivity contribution < 1.29 is 18.7 Å². The standard InChI is InChI=1S/C17H22FN3O3/c1-17(2,3)24-16(23)20-7-6-19-15(22)8-11-10-21-14-5-4-12(18)9-13(11)14/h4-5,9-10,21H,6-8H2,1-3H3,(H,19,22)(H,20,23). The summed E-state index contributed by atoms with van der Waals surface area (Å²) in [7, 11) is 0. The maximum Gasteiger partial charge on any atom is 0.407 e. The molecule has 130 valence electrons. The van der Waals surface area contributed by atoms with E-state index in [0.29, 0.717) is 5.39 Å². The van der Waals surface area contributed by atoms with Crippen molar-refractivity contribution in [3.63, 3.8) is 0 Å². The first kappa shape index (κ1) is 17.8. The Morgan fingerprint density at radius 1 is 1.21 bits per heavy atom. The lowest BCUT2D eigenvalue weighted by atomic mass is 10.1. The summed E-state index contributed by atoms with van der Waals surface area (Å²) in [5.74, 6) is -0.545. The zero-order valence-corrected chi connectivity index (χ0v) is 14.0. The number of rotatable bonds is 5. The lowest BCUT2D eigenvalue weighted by Crippen LogP contribution is -2.38. The molecule has 0 spiro atoms. The van der Waals surface area contributed by atoms with Crippen molar-refractivity contribution in [3.05, 3.63) is 35.8 Å². The first-order valence-corrected chi connectivity index (χ1v) is 7.74. The van der Waals surface area contributed by atoms with Gasteiger partial charge in [-0.25, -0.2) is 9.18 Å². The van der Waals surface area contributed by atoms with Gasteiger partial charge in [0, 0.05) is 30.2 Å². The van der Waals surface area contributed by atoms with Crippen molar-refractivity contribution in [1.82, 2.24) is 15.6 Å². The lowest BCUT2D eigenvalue weighted by molar-refractivity contribution is -0.120. The minimum atomic E-state index is -0.558. The van der Waals surface area contributed by atoms with E-state index in [-0.39, 0.29) is 31.2 Å². The first-order chi connectivity index (χ1) is 11.2. The first-order valence-electron chi connectivity index (χ1n) is 7.74. The molecule has 0 aliphatic carbocycles. The molecule has 0 aliphatic heterocycles. The smallest absolute Gasteiger partial charge is 0.407 e. The van der Waals surface area contributed by atoms with Crippen LogP contribution in [0.3, 0.4) is 0 Å². The monoisotopic (exact) mass is 335 g/mol. The molecule has 1 aromatic heterocycles. The number of aromatic nitrogens is 1. The van der Waals surface area contributed by atoms with Crippen LogP contribution in [0.2, 0.25) is 0 Å². The van der Waals surface area contributed by atoms with Gasteiger partial charge in [0.25, 0.3) is 0 Å². The number of benzene rings is 1. The van der Waals surface area contributed by atoms with E-state index in [1.807, 2.05) is 0 Å². The largest absolute Gasteiger partial charge is 0.444 e. The Kier molecular flexibility index (Phi) is 5.43. The number of nitrogens with one attached hydrogen (secondary N) is 3. The number of aromatic amines is 1. The maximum atomic E-state index is 13.3. The van der Waals surface area contributed by atoms with Crippen LogP contribution in [0.5, 0.6) is 0 Å². The summed E-state index contributed by atoms with van der Waals surface area (Å²) in [6.45, 7) is 5.88. The number of halogens is 1. The van der Waals surface area contributed by atoms with Gasteiger partial charge in [0.2, 0.25) is 5.91 Å². The average molecular weight is 335 g/mol. The van der Waals surface area contributed by atoms with Gasteiger partial charge >= 0.3 is 6.09 Å². The van der Waals surface area contributed by atoms with E-state index in [4.69, 9.17) is 4.74 Å². The molecular weight excluding hydrogens is 313 g/mol. The van der Waals surface area contributed by atoms with E-state index >= 15 is 0 Å². The van der Waals surface area contributed by atoms with Gasteiger partial charge < -0.3 is 20.4 Å². The van der Waals surface area contributed by atoms with Crippen molar-refractivity contribution in [2.24, 2.45) is 0 Å². The van der Waals surface area contributed by atoms with Crippen LogP contribution in [-0.2, 0) is 16.0 Å². The number of fused-ring (bicyclic) bond motifs is 1. The van der Waals surface area contributed by atoms with Gasteiger partial charge in [-0.2, -0.15) is 0 Å². The third-order valence-corrected chi connectivity index (χ3v) is 3.20. The van der Waals surface area contributed by atoms with Crippen LogP contribution >= 0.6 is 0 Å². The van der Waals surface area contributed by atoms with E-state index in [0.717, 1.165) is 11.1 Å². The van der Waals surface area contributed by atoms with Gasteiger partial charge in [0.1, 0.15) is 11.4 Å². The summed E-state index contributed by atoms with van der Waals surface area (Å²) in [5, 5.41) is 5.95. The maximum absolute atomic E-state index is 13.3. The second kappa shape index (κ2) is 7.33. The normalized spacial score (nSPS) is 11.3. The minimum absolute atomic E-state index is 0.135. The van der Waals surface area contributed by atoms with Crippen molar-refractivity contribution in [2.75, 3.05) is 13.1 Å². The number of amides is 2. The number of alkyl carbamates (subject to hydrolysis) is 1. The summed E-state index contributed by atoms with van der Waals surface area (Å²) in [6, 6.07) is 4.40. The van der Waals surface area contributed by atoms with Gasteiger partial charge in [-0.3, -0.25) is 4.79 Å². The highest BCUT2D eigenvalue weighted by atomic mass is 19.1. The minimum Gasteiger partial charge on any atom is -0.444 e. The number of H-pyrrole nitrogens is 1. The van der Waals surface area contributed by atoms with Crippen LogP contribution in [-0.4, -0.2) is 35.7 Å². The molecule has 2 aromatic rings. The van der Waals surface area contributed by atoms with Crippen molar-refractivity contribution >= 4 is 22.9 Å². The predicted molar refractivity (Wildman–Crippen MR) is 89.2 cm³/mol. The highest BCUT2D eigenvalue weighted by Crippen LogP contribution is 2.19. The highest BCUT2D eigenvalue weighted by Gasteiger charge is 2.15. The van der Waals surface area contributed by atoms with E-state index in [2.05, 4.69) is 15.6 Å². The van der Waals surface area contributed by atoms with E-state index in [9.17, 15) is 14.0 Å². The third-order valence-electron chi connectivity index (χ3n) is 3.20. The van der Waals surface area contributed by atoms with Crippen molar-refractivity contribution in [3.8, 4) is 0 Å². The molecule has 0 unspecified atom stereocenters. The SMILES string of the molecule is CC(C)(C)OC(=O)NCCNC(=O)Cc1c[nH]c2ccc(F)cc12. The van der Waals surface area contributed by atoms with Crippen LogP contribution in [0.15, 0.2) is 24.4 Å². The van der Waals surface area contributed by atoms with Gasteiger partial charge in [-0.05, 0) is 44.5 Å². The fourth-order valence-corrected chi connectivity index (χ4v) is 2.21. The van der Waals surface area contributed by atoms with Gasteiger partial charge in [0.05, 0.1) is 6.42 Å². The Morgan fingerprint density at radius 2 is 1.92 bits per heavy atom. The molecule has 7 heteroatoms. The number of carbonyl (C=O) groups is 2. The van der Waals surface area contributed by atoms with E-state index in [1.54, 1.807) is 33.0 Å². The molecule has 0 saturated heterocycles. The number of ether oxygens (including phenoxy) is 1. The van der Waals surface area contributed by atoms with Crippen LogP contribution in [0, 0.1) is 5.82 Å². The molecule has 1 aromatic carbocycles. The number of carbonyl (C=O) groups excluding carboxylic acids is 2. The average Bonchev–Trinajstić information content (AvgIpc) is 2.84. The summed E-state index contributed by atoms with van der Waals surface area (Å²) >= 11 is 0. The summed E-state index contributed by atoms with van der Waals surface area (Å²) in [4.78, 5) is 26.4. The molecule has 0 bridgehead atoms. The lowest BCUT2D eigenvalue weighted by Gasteiger charge is -2.19. The molecule has 0 aliphatic rings. The van der Waals surface area contributed by atoms with Gasteiger partial charge in [-0.1, -0.05) is 0 Å². The van der Waals surface area contributed by atoms with Gasteiger partial charge in [0.15, 0.2) is 0 Å². The zero-order valence-electron chi connectivity index (χ0n) is 14.0. The molecular formula is C17H22FN3O3. The van der Waals surface area contributed by atoms with Gasteiger partial charge in [-0.15, -0.1) is 0 Å². The molecule has 0 fully saturated rings. The molecule has 3 N–H and O–H groups in total. The fourth-order valence-electron chi connectivity index (χ4n) is 2.21. The molecule has 1 heterocycles. The second-order valence-corrected chi connectivity index (χ2v) is 6.46. The number of hydrogen-bond donors (Lipinski definition) is 3. The van der Waals surface area contributed by atoms with E-state index < -0.39 is 11.7 Å².